The number of piperidine rings is 1. The molecule has 2 N–H and O–H groups in total. The van der Waals surface area contributed by atoms with E-state index in [1.807, 2.05) is 0 Å². The van der Waals surface area contributed by atoms with Crippen molar-refractivity contribution in [2.75, 3.05) is 13.1 Å². The summed E-state index contributed by atoms with van der Waals surface area (Å²) in [6, 6.07) is 9.55. The van der Waals surface area contributed by atoms with Crippen LogP contribution >= 0.6 is 15.9 Å². The first-order valence-corrected chi connectivity index (χ1v) is 7.66. The zero-order chi connectivity index (χ0) is 13.1. The molecule has 1 saturated heterocycles. The van der Waals surface area contributed by atoms with Crippen LogP contribution in [0.5, 0.6) is 0 Å². The number of benzene rings is 1. The Morgan fingerprint density at radius 1 is 1.39 bits per heavy atom. The maximum Gasteiger partial charge on any atom is 0.0320 e. The van der Waals surface area contributed by atoms with Gasteiger partial charge in [-0.2, -0.15) is 0 Å². The first-order valence-electron chi connectivity index (χ1n) is 6.87. The van der Waals surface area contributed by atoms with Crippen LogP contribution in [-0.2, 0) is 0 Å². The van der Waals surface area contributed by atoms with Gasteiger partial charge in [0, 0.05) is 29.6 Å². The number of halogens is 1. The number of likely N-dealkylation sites (tertiary alicyclic amines) is 1. The van der Waals surface area contributed by atoms with Crippen molar-refractivity contribution in [3.05, 3.63) is 34.3 Å². The van der Waals surface area contributed by atoms with Gasteiger partial charge >= 0.3 is 0 Å². The Bertz CT molecular complexity index is 377. The molecule has 18 heavy (non-hydrogen) atoms. The van der Waals surface area contributed by atoms with Crippen molar-refractivity contribution in [1.29, 1.82) is 0 Å². The molecule has 0 aliphatic carbocycles. The number of rotatable bonds is 3. The molecule has 1 heterocycles. The molecule has 0 bridgehead atoms. The minimum atomic E-state index is 0.392. The molecule has 0 amide bonds. The third-order valence-corrected chi connectivity index (χ3v) is 4.78. The van der Waals surface area contributed by atoms with Crippen LogP contribution in [0.4, 0.5) is 0 Å². The lowest BCUT2D eigenvalue weighted by molar-refractivity contribution is 0.114. The van der Waals surface area contributed by atoms with Gasteiger partial charge in [0.25, 0.3) is 0 Å². The summed E-state index contributed by atoms with van der Waals surface area (Å²) in [5.41, 5.74) is 7.57. The molecule has 0 saturated carbocycles. The van der Waals surface area contributed by atoms with Gasteiger partial charge < -0.3 is 5.73 Å². The Balaban J connectivity index is 2.05. The zero-order valence-electron chi connectivity index (χ0n) is 11.3. The zero-order valence-corrected chi connectivity index (χ0v) is 12.9. The molecular weight excluding hydrogens is 288 g/mol. The smallest absolute Gasteiger partial charge is 0.0320 e. The molecule has 3 unspecified atom stereocenters. The van der Waals surface area contributed by atoms with E-state index in [0.717, 1.165) is 24.0 Å². The van der Waals surface area contributed by atoms with Crippen molar-refractivity contribution in [3.8, 4) is 0 Å². The van der Waals surface area contributed by atoms with Crippen molar-refractivity contribution in [2.45, 2.75) is 38.8 Å². The predicted molar refractivity (Wildman–Crippen MR) is 80.5 cm³/mol. The van der Waals surface area contributed by atoms with Crippen molar-refractivity contribution in [3.63, 3.8) is 0 Å². The molecule has 0 spiro atoms. The molecule has 1 aromatic carbocycles. The molecule has 0 radical (unpaired) electrons. The van der Waals surface area contributed by atoms with E-state index in [1.165, 1.54) is 12.0 Å². The molecule has 1 aliphatic heterocycles. The second-order valence-corrected chi connectivity index (χ2v) is 6.26. The third kappa shape index (κ3) is 3.14. The van der Waals surface area contributed by atoms with E-state index in [-0.39, 0.29) is 0 Å². The quantitative estimate of drug-likeness (QED) is 0.924. The normalized spacial score (nSPS) is 27.1. The third-order valence-electron chi connectivity index (χ3n) is 4.25. The van der Waals surface area contributed by atoms with Crippen LogP contribution in [0, 0.1) is 5.92 Å². The van der Waals surface area contributed by atoms with Crippen molar-refractivity contribution in [1.82, 2.24) is 4.90 Å². The van der Waals surface area contributed by atoms with E-state index in [0.29, 0.717) is 18.0 Å². The molecule has 2 rings (SSSR count). The second-order valence-electron chi connectivity index (χ2n) is 5.34. The molecule has 1 aromatic rings. The van der Waals surface area contributed by atoms with Crippen molar-refractivity contribution >= 4 is 15.9 Å². The molecule has 1 fully saturated rings. The van der Waals surface area contributed by atoms with Crippen LogP contribution in [-0.4, -0.2) is 24.0 Å². The first-order chi connectivity index (χ1) is 8.61. The molecular formula is C15H23BrN2. The number of hydrogen-bond acceptors (Lipinski definition) is 2. The van der Waals surface area contributed by atoms with E-state index in [4.69, 9.17) is 5.73 Å². The Kier molecular flexibility index (Phi) is 4.82. The molecule has 100 valence electrons. The minimum Gasteiger partial charge on any atom is -0.327 e. The summed E-state index contributed by atoms with van der Waals surface area (Å²) in [5, 5.41) is 0. The van der Waals surface area contributed by atoms with Crippen molar-refractivity contribution < 1.29 is 0 Å². The van der Waals surface area contributed by atoms with Gasteiger partial charge in [-0.25, -0.2) is 0 Å². The minimum absolute atomic E-state index is 0.392. The van der Waals surface area contributed by atoms with Gasteiger partial charge in [0.1, 0.15) is 0 Å². The summed E-state index contributed by atoms with van der Waals surface area (Å²) in [6.07, 6.45) is 2.31. The van der Waals surface area contributed by atoms with E-state index >= 15 is 0 Å². The lowest BCUT2D eigenvalue weighted by Gasteiger charge is -2.40. The highest BCUT2D eigenvalue weighted by atomic mass is 79.9. The van der Waals surface area contributed by atoms with Crippen LogP contribution in [0.1, 0.15) is 38.3 Å². The predicted octanol–water partition coefficient (Wildman–Crippen LogP) is 3.57. The van der Waals surface area contributed by atoms with Gasteiger partial charge in [0.05, 0.1) is 0 Å². The van der Waals surface area contributed by atoms with Crippen LogP contribution in [0.25, 0.3) is 0 Å². The Hall–Kier alpha value is -0.380. The fourth-order valence-electron chi connectivity index (χ4n) is 2.81. The maximum atomic E-state index is 6.18. The Morgan fingerprint density at radius 3 is 2.67 bits per heavy atom. The van der Waals surface area contributed by atoms with Crippen LogP contribution in [0.3, 0.4) is 0 Å². The largest absolute Gasteiger partial charge is 0.327 e. The standard InChI is InChI=1S/C15H23BrN2/c1-3-12-10-18(9-8-15(12)17)11(2)13-4-6-14(16)7-5-13/h4-7,11-12,15H,3,8-10,17H2,1-2H3. The summed E-state index contributed by atoms with van der Waals surface area (Å²) >= 11 is 3.49. The summed E-state index contributed by atoms with van der Waals surface area (Å²) < 4.78 is 1.14. The van der Waals surface area contributed by atoms with Crippen molar-refractivity contribution in [2.24, 2.45) is 11.7 Å². The van der Waals surface area contributed by atoms with Gasteiger partial charge in [0.15, 0.2) is 0 Å². The van der Waals surface area contributed by atoms with E-state index < -0.39 is 0 Å². The monoisotopic (exact) mass is 310 g/mol. The number of nitrogens with two attached hydrogens (primary N) is 1. The Morgan fingerprint density at radius 2 is 2.06 bits per heavy atom. The topological polar surface area (TPSA) is 29.3 Å². The molecule has 3 atom stereocenters. The van der Waals surface area contributed by atoms with Gasteiger partial charge in [-0.05, 0) is 37.0 Å². The summed E-state index contributed by atoms with van der Waals surface area (Å²) in [5.74, 6) is 0.650. The highest BCUT2D eigenvalue weighted by Crippen LogP contribution is 2.28. The summed E-state index contributed by atoms with van der Waals surface area (Å²) in [4.78, 5) is 2.57. The average Bonchev–Trinajstić information content (AvgIpc) is 2.39. The average molecular weight is 311 g/mol. The summed E-state index contributed by atoms with van der Waals surface area (Å²) in [6.45, 7) is 6.80. The molecule has 0 aromatic heterocycles. The lowest BCUT2D eigenvalue weighted by Crippen LogP contribution is -2.47. The number of nitrogens with zero attached hydrogens (tertiary/aromatic N) is 1. The molecule has 1 aliphatic rings. The van der Waals surface area contributed by atoms with Gasteiger partial charge in [-0.1, -0.05) is 41.4 Å². The van der Waals surface area contributed by atoms with E-state index in [2.05, 4.69) is 58.9 Å². The first kappa shape index (κ1) is 14.0. The highest BCUT2D eigenvalue weighted by Gasteiger charge is 2.28. The SMILES string of the molecule is CCC1CN(C(C)c2ccc(Br)cc2)CCC1N. The number of hydrogen-bond donors (Lipinski definition) is 1. The van der Waals surface area contributed by atoms with Crippen LogP contribution in [0.15, 0.2) is 28.7 Å². The van der Waals surface area contributed by atoms with Gasteiger partial charge in [0.2, 0.25) is 0 Å². The van der Waals surface area contributed by atoms with Crippen LogP contribution in [0.2, 0.25) is 0 Å². The Labute approximate surface area is 119 Å². The van der Waals surface area contributed by atoms with E-state index in [9.17, 15) is 0 Å². The molecule has 3 heteroatoms. The van der Waals surface area contributed by atoms with Gasteiger partial charge in [-0.3, -0.25) is 4.90 Å². The summed E-state index contributed by atoms with van der Waals surface area (Å²) in [7, 11) is 0. The van der Waals surface area contributed by atoms with E-state index in [1.54, 1.807) is 0 Å². The maximum absolute atomic E-state index is 6.18. The lowest BCUT2D eigenvalue weighted by atomic mass is 9.89. The fraction of sp³-hybridized carbons (Fsp3) is 0.600. The van der Waals surface area contributed by atoms with Crippen LogP contribution < -0.4 is 5.73 Å². The molecule has 2 nitrogen and oxygen atoms in total. The fourth-order valence-corrected chi connectivity index (χ4v) is 3.08. The van der Waals surface area contributed by atoms with Gasteiger partial charge in [-0.15, -0.1) is 0 Å². The second kappa shape index (κ2) is 6.18. The highest BCUT2D eigenvalue weighted by molar-refractivity contribution is 9.10.